The van der Waals surface area contributed by atoms with Gasteiger partial charge in [-0.2, -0.15) is 0 Å². The van der Waals surface area contributed by atoms with E-state index in [2.05, 4.69) is 51.7 Å². The molecule has 2 N–H and O–H groups in total. The first-order valence-corrected chi connectivity index (χ1v) is 9.21. The second kappa shape index (κ2) is 6.39. The number of rotatable bonds is 5. The van der Waals surface area contributed by atoms with Crippen molar-refractivity contribution in [2.24, 2.45) is 11.1 Å². The topological polar surface area (TPSA) is 29.3 Å². The summed E-state index contributed by atoms with van der Waals surface area (Å²) in [7, 11) is 0. The van der Waals surface area contributed by atoms with Crippen molar-refractivity contribution in [3.63, 3.8) is 0 Å². The van der Waals surface area contributed by atoms with Gasteiger partial charge in [0.1, 0.15) is 0 Å². The monoisotopic (exact) mass is 308 g/mol. The van der Waals surface area contributed by atoms with Gasteiger partial charge in [0.2, 0.25) is 0 Å². The molecule has 0 amide bonds. The number of hydrogen-bond acceptors (Lipinski definition) is 3. The molecule has 0 saturated carbocycles. The Morgan fingerprint density at radius 3 is 2.38 bits per heavy atom. The minimum atomic E-state index is 0.240. The largest absolute Gasteiger partial charge is 0.329 e. The maximum absolute atomic E-state index is 6.14. The van der Waals surface area contributed by atoms with Gasteiger partial charge in [-0.15, -0.1) is 11.3 Å². The summed E-state index contributed by atoms with van der Waals surface area (Å²) in [6, 6.07) is 5.01. The zero-order valence-corrected chi connectivity index (χ0v) is 15.2. The van der Waals surface area contributed by atoms with E-state index < -0.39 is 0 Å². The van der Waals surface area contributed by atoms with Gasteiger partial charge >= 0.3 is 0 Å². The molecule has 0 aliphatic carbocycles. The number of likely N-dealkylation sites (tertiary alicyclic amines) is 1. The molecule has 3 heteroatoms. The zero-order chi connectivity index (χ0) is 15.7. The Hall–Kier alpha value is -0.380. The molecule has 120 valence electrons. The van der Waals surface area contributed by atoms with E-state index >= 15 is 0 Å². The Bertz CT molecular complexity index is 454. The van der Waals surface area contributed by atoms with Crippen molar-refractivity contribution in [1.82, 2.24) is 4.90 Å². The molecule has 1 aromatic rings. The van der Waals surface area contributed by atoms with E-state index in [4.69, 9.17) is 5.73 Å². The molecule has 2 rings (SSSR count). The van der Waals surface area contributed by atoms with Crippen molar-refractivity contribution in [2.45, 2.75) is 65.3 Å². The van der Waals surface area contributed by atoms with Crippen LogP contribution in [0.2, 0.25) is 0 Å². The molecule has 0 aromatic carbocycles. The summed E-state index contributed by atoms with van der Waals surface area (Å²) in [4.78, 5) is 5.54. The second-order valence-electron chi connectivity index (χ2n) is 7.63. The molecule has 1 aromatic heterocycles. The van der Waals surface area contributed by atoms with Crippen LogP contribution in [0.15, 0.2) is 12.1 Å². The fraction of sp³-hybridized carbons (Fsp3) is 0.778. The minimum Gasteiger partial charge on any atom is -0.329 e. The predicted molar refractivity (Wildman–Crippen MR) is 94.0 cm³/mol. The lowest BCUT2D eigenvalue weighted by molar-refractivity contribution is 0.199. The second-order valence-corrected chi connectivity index (χ2v) is 8.75. The van der Waals surface area contributed by atoms with Crippen molar-refractivity contribution in [3.05, 3.63) is 21.9 Å². The van der Waals surface area contributed by atoms with Gasteiger partial charge in [0.15, 0.2) is 0 Å². The molecular formula is C18H32N2S. The molecule has 1 aliphatic heterocycles. The van der Waals surface area contributed by atoms with Crippen molar-refractivity contribution in [1.29, 1.82) is 0 Å². The van der Waals surface area contributed by atoms with Gasteiger partial charge in [0, 0.05) is 22.8 Å². The number of thiophene rings is 1. The highest BCUT2D eigenvalue weighted by Crippen LogP contribution is 2.42. The van der Waals surface area contributed by atoms with E-state index in [0.717, 1.165) is 6.54 Å². The number of nitrogens with zero attached hydrogens (tertiary/aromatic N) is 1. The maximum Gasteiger partial charge on any atom is 0.0564 e. The molecule has 1 atom stereocenters. The SMILES string of the molecule is CCC1(CC)CCN(C(CN)c2ccc(C(C)(C)C)s2)C1. The lowest BCUT2D eigenvalue weighted by Gasteiger charge is -2.30. The smallest absolute Gasteiger partial charge is 0.0564 e. The highest BCUT2D eigenvalue weighted by Gasteiger charge is 2.38. The molecule has 0 bridgehead atoms. The van der Waals surface area contributed by atoms with Crippen molar-refractivity contribution >= 4 is 11.3 Å². The van der Waals surface area contributed by atoms with Crippen molar-refractivity contribution in [2.75, 3.05) is 19.6 Å². The van der Waals surface area contributed by atoms with Crippen LogP contribution in [0, 0.1) is 5.41 Å². The van der Waals surface area contributed by atoms with Gasteiger partial charge in [-0.1, -0.05) is 34.6 Å². The van der Waals surface area contributed by atoms with E-state index in [1.54, 1.807) is 0 Å². The van der Waals surface area contributed by atoms with Crippen LogP contribution >= 0.6 is 11.3 Å². The molecule has 1 fully saturated rings. The van der Waals surface area contributed by atoms with Crippen LogP contribution in [-0.2, 0) is 5.41 Å². The zero-order valence-electron chi connectivity index (χ0n) is 14.4. The third-order valence-corrected chi connectivity index (χ3v) is 6.94. The number of nitrogens with two attached hydrogens (primary N) is 1. The van der Waals surface area contributed by atoms with Crippen molar-refractivity contribution in [3.8, 4) is 0 Å². The molecule has 21 heavy (non-hydrogen) atoms. The first kappa shape index (κ1) is 17.0. The Balaban J connectivity index is 2.16. The van der Waals surface area contributed by atoms with Crippen LogP contribution in [0.3, 0.4) is 0 Å². The molecule has 1 unspecified atom stereocenters. The summed E-state index contributed by atoms with van der Waals surface area (Å²) in [6.45, 7) is 14.7. The van der Waals surface area contributed by atoms with E-state index in [-0.39, 0.29) is 5.41 Å². The van der Waals surface area contributed by atoms with Gasteiger partial charge in [-0.3, -0.25) is 4.90 Å². The Morgan fingerprint density at radius 2 is 1.95 bits per heavy atom. The average molecular weight is 309 g/mol. The quantitative estimate of drug-likeness (QED) is 0.864. The Morgan fingerprint density at radius 1 is 1.29 bits per heavy atom. The van der Waals surface area contributed by atoms with E-state index in [1.165, 1.54) is 42.1 Å². The first-order valence-electron chi connectivity index (χ1n) is 8.39. The highest BCUT2D eigenvalue weighted by molar-refractivity contribution is 7.12. The maximum atomic E-state index is 6.14. The molecular weight excluding hydrogens is 276 g/mol. The molecule has 2 nitrogen and oxygen atoms in total. The fourth-order valence-corrected chi connectivity index (χ4v) is 4.66. The van der Waals surface area contributed by atoms with Crippen LogP contribution in [0.1, 0.15) is 69.7 Å². The third kappa shape index (κ3) is 3.52. The fourth-order valence-electron chi connectivity index (χ4n) is 3.44. The van der Waals surface area contributed by atoms with Crippen LogP contribution in [-0.4, -0.2) is 24.5 Å². The van der Waals surface area contributed by atoms with Crippen LogP contribution in [0.5, 0.6) is 0 Å². The summed E-state index contributed by atoms with van der Waals surface area (Å²) in [5.41, 5.74) is 6.90. The molecule has 2 heterocycles. The molecule has 0 radical (unpaired) electrons. The van der Waals surface area contributed by atoms with Gasteiger partial charge in [0.05, 0.1) is 6.04 Å². The van der Waals surface area contributed by atoms with Gasteiger partial charge in [0.25, 0.3) is 0 Å². The van der Waals surface area contributed by atoms with Crippen LogP contribution in [0.25, 0.3) is 0 Å². The Kier molecular flexibility index (Phi) is 5.17. The van der Waals surface area contributed by atoms with Crippen LogP contribution in [0.4, 0.5) is 0 Å². The minimum absolute atomic E-state index is 0.240. The van der Waals surface area contributed by atoms with Crippen molar-refractivity contribution < 1.29 is 0 Å². The first-order chi connectivity index (χ1) is 9.85. The molecule has 0 spiro atoms. The summed E-state index contributed by atoms with van der Waals surface area (Å²) in [5, 5.41) is 0. The summed E-state index contributed by atoms with van der Waals surface area (Å²) < 4.78 is 0. The van der Waals surface area contributed by atoms with E-state index in [0.29, 0.717) is 11.5 Å². The average Bonchev–Trinajstić information content (AvgIpc) is 3.07. The predicted octanol–water partition coefficient (Wildman–Crippen LogP) is 4.56. The normalized spacial score (nSPS) is 20.9. The molecule has 1 saturated heterocycles. The lowest BCUT2D eigenvalue weighted by atomic mass is 9.82. The Labute approximate surface area is 134 Å². The lowest BCUT2D eigenvalue weighted by Crippen LogP contribution is -2.33. The van der Waals surface area contributed by atoms with E-state index in [1.807, 2.05) is 11.3 Å². The summed E-state index contributed by atoms with van der Waals surface area (Å²) in [5.74, 6) is 0. The standard InChI is InChI=1S/C18H32N2S/c1-6-18(7-2)10-11-20(13-18)14(12-19)15-8-9-16(21-15)17(3,4)5/h8-9,14H,6-7,10-13,19H2,1-5H3. The van der Waals surface area contributed by atoms with Gasteiger partial charge < -0.3 is 5.73 Å². The summed E-state index contributed by atoms with van der Waals surface area (Å²) >= 11 is 1.95. The molecule has 1 aliphatic rings. The summed E-state index contributed by atoms with van der Waals surface area (Å²) in [6.07, 6.45) is 3.90. The van der Waals surface area contributed by atoms with Crippen LogP contribution < -0.4 is 5.73 Å². The van der Waals surface area contributed by atoms with E-state index in [9.17, 15) is 0 Å². The van der Waals surface area contributed by atoms with Gasteiger partial charge in [-0.25, -0.2) is 0 Å². The van der Waals surface area contributed by atoms with Gasteiger partial charge in [-0.05, 0) is 48.8 Å². The number of hydrogen-bond donors (Lipinski definition) is 1. The highest BCUT2D eigenvalue weighted by atomic mass is 32.1. The third-order valence-electron chi connectivity index (χ3n) is 5.33.